The summed E-state index contributed by atoms with van der Waals surface area (Å²) in [6.07, 6.45) is 2.45. The van der Waals surface area contributed by atoms with E-state index in [-0.39, 0.29) is 12.4 Å². The molecule has 0 radical (unpaired) electrons. The van der Waals surface area contributed by atoms with Crippen LogP contribution in [0.15, 0.2) is 66.4 Å². The molecule has 0 unspecified atom stereocenters. The average molecular weight is 266 g/mol. The lowest BCUT2D eigenvalue weighted by Crippen LogP contribution is -2.16. The zero-order chi connectivity index (χ0) is 13.8. The minimum absolute atomic E-state index is 0.252. The van der Waals surface area contributed by atoms with Crippen LogP contribution in [0.2, 0.25) is 0 Å². The van der Waals surface area contributed by atoms with Crippen molar-refractivity contribution in [2.24, 2.45) is 0 Å². The van der Waals surface area contributed by atoms with Crippen LogP contribution in [0.1, 0.15) is 11.1 Å². The SMILES string of the molecule is O=C(OCc1ccccc1)C1=CCc2ccccc2O1. The molecule has 0 N–H and O–H groups in total. The maximum atomic E-state index is 12.0. The molecule has 0 aliphatic carbocycles. The van der Waals surface area contributed by atoms with Gasteiger partial charge in [0.15, 0.2) is 0 Å². The molecule has 1 aliphatic heterocycles. The van der Waals surface area contributed by atoms with E-state index in [9.17, 15) is 4.79 Å². The molecule has 100 valence electrons. The third-order valence-electron chi connectivity index (χ3n) is 3.11. The molecule has 0 saturated heterocycles. The lowest BCUT2D eigenvalue weighted by atomic mass is 10.1. The van der Waals surface area contributed by atoms with Crippen molar-refractivity contribution in [3.8, 4) is 5.75 Å². The molecule has 0 bridgehead atoms. The van der Waals surface area contributed by atoms with Gasteiger partial charge in [-0.2, -0.15) is 0 Å². The van der Waals surface area contributed by atoms with Crippen LogP contribution in [0.3, 0.4) is 0 Å². The zero-order valence-electron chi connectivity index (χ0n) is 10.9. The average Bonchev–Trinajstić information content (AvgIpc) is 2.53. The third-order valence-corrected chi connectivity index (χ3v) is 3.11. The molecule has 3 heteroatoms. The molecular formula is C17H14O3. The van der Waals surface area contributed by atoms with Crippen LogP contribution in [-0.4, -0.2) is 5.97 Å². The number of rotatable bonds is 3. The lowest BCUT2D eigenvalue weighted by Gasteiger charge is -2.16. The first-order chi connectivity index (χ1) is 9.83. The van der Waals surface area contributed by atoms with Crippen LogP contribution in [-0.2, 0) is 22.6 Å². The van der Waals surface area contributed by atoms with Crippen molar-refractivity contribution in [3.63, 3.8) is 0 Å². The fourth-order valence-electron chi connectivity index (χ4n) is 2.05. The molecule has 0 aromatic heterocycles. The molecule has 0 amide bonds. The van der Waals surface area contributed by atoms with Gasteiger partial charge in [0, 0.05) is 0 Å². The summed E-state index contributed by atoms with van der Waals surface area (Å²) in [5.74, 6) is 0.560. The minimum atomic E-state index is -0.427. The van der Waals surface area contributed by atoms with Crippen molar-refractivity contribution in [2.75, 3.05) is 0 Å². The maximum absolute atomic E-state index is 12.0. The Kier molecular flexibility index (Phi) is 3.50. The molecule has 3 nitrogen and oxygen atoms in total. The van der Waals surface area contributed by atoms with Crippen molar-refractivity contribution >= 4 is 5.97 Å². The molecule has 1 heterocycles. The van der Waals surface area contributed by atoms with E-state index in [0.717, 1.165) is 16.9 Å². The summed E-state index contributed by atoms with van der Waals surface area (Å²) in [4.78, 5) is 12.0. The number of carbonyl (C=O) groups is 1. The van der Waals surface area contributed by atoms with Gasteiger partial charge >= 0.3 is 5.97 Å². The predicted molar refractivity (Wildman–Crippen MR) is 75.1 cm³/mol. The van der Waals surface area contributed by atoms with Crippen molar-refractivity contribution in [1.82, 2.24) is 0 Å². The third kappa shape index (κ3) is 2.72. The van der Waals surface area contributed by atoms with Gasteiger partial charge in [-0.3, -0.25) is 0 Å². The van der Waals surface area contributed by atoms with Gasteiger partial charge in [0.2, 0.25) is 5.76 Å². The highest BCUT2D eigenvalue weighted by Crippen LogP contribution is 2.26. The van der Waals surface area contributed by atoms with Crippen LogP contribution in [0.4, 0.5) is 0 Å². The standard InChI is InChI=1S/C17H14O3/c18-17(19-12-13-6-2-1-3-7-13)16-11-10-14-8-4-5-9-15(14)20-16/h1-9,11H,10,12H2. The lowest BCUT2D eigenvalue weighted by molar-refractivity contribution is -0.142. The number of carbonyl (C=O) groups excluding carboxylic acids is 1. The van der Waals surface area contributed by atoms with Crippen molar-refractivity contribution in [1.29, 1.82) is 0 Å². The largest absolute Gasteiger partial charge is 0.455 e. The van der Waals surface area contributed by atoms with Gasteiger partial charge in [-0.1, -0.05) is 48.5 Å². The summed E-state index contributed by atoms with van der Waals surface area (Å²) >= 11 is 0. The molecule has 0 atom stereocenters. The van der Waals surface area contributed by atoms with Gasteiger partial charge in [-0.05, 0) is 29.7 Å². The number of hydrogen-bond acceptors (Lipinski definition) is 3. The van der Waals surface area contributed by atoms with Gasteiger partial charge < -0.3 is 9.47 Å². The molecule has 0 fully saturated rings. The topological polar surface area (TPSA) is 35.5 Å². The Bertz CT molecular complexity index is 644. The molecule has 2 aromatic rings. The van der Waals surface area contributed by atoms with Crippen molar-refractivity contribution in [3.05, 3.63) is 77.6 Å². The number of fused-ring (bicyclic) bond motifs is 1. The highest BCUT2D eigenvalue weighted by atomic mass is 16.6. The number of ether oxygens (including phenoxy) is 2. The van der Waals surface area contributed by atoms with Crippen LogP contribution in [0, 0.1) is 0 Å². The fourth-order valence-corrected chi connectivity index (χ4v) is 2.05. The van der Waals surface area contributed by atoms with Gasteiger partial charge in [-0.25, -0.2) is 4.79 Å². The molecule has 1 aliphatic rings. The molecule has 2 aromatic carbocycles. The smallest absolute Gasteiger partial charge is 0.374 e. The molecule has 0 spiro atoms. The zero-order valence-corrected chi connectivity index (χ0v) is 10.9. The highest BCUT2D eigenvalue weighted by Gasteiger charge is 2.19. The molecule has 3 rings (SSSR count). The number of para-hydroxylation sites is 1. The van der Waals surface area contributed by atoms with E-state index in [0.29, 0.717) is 6.42 Å². The predicted octanol–water partition coefficient (Wildman–Crippen LogP) is 3.25. The molecular weight excluding hydrogens is 252 g/mol. The quantitative estimate of drug-likeness (QED) is 0.800. The fraction of sp³-hybridized carbons (Fsp3) is 0.118. The maximum Gasteiger partial charge on any atom is 0.374 e. The van der Waals surface area contributed by atoms with Crippen LogP contribution < -0.4 is 4.74 Å². The minimum Gasteiger partial charge on any atom is -0.455 e. The summed E-state index contributed by atoms with van der Waals surface area (Å²) in [5.41, 5.74) is 2.03. The Labute approximate surface area is 117 Å². The second-order valence-electron chi connectivity index (χ2n) is 4.54. The van der Waals surface area contributed by atoms with Crippen LogP contribution in [0.25, 0.3) is 0 Å². The Hall–Kier alpha value is -2.55. The number of allylic oxidation sites excluding steroid dienone is 1. The highest BCUT2D eigenvalue weighted by molar-refractivity contribution is 5.87. The van der Waals surface area contributed by atoms with E-state index >= 15 is 0 Å². The Morgan fingerprint density at radius 1 is 1.05 bits per heavy atom. The Morgan fingerprint density at radius 2 is 1.80 bits per heavy atom. The molecule has 20 heavy (non-hydrogen) atoms. The van der Waals surface area contributed by atoms with E-state index in [4.69, 9.17) is 9.47 Å². The second kappa shape index (κ2) is 5.61. The normalized spacial score (nSPS) is 12.9. The number of hydrogen-bond donors (Lipinski definition) is 0. The van der Waals surface area contributed by atoms with E-state index in [2.05, 4.69) is 0 Å². The Morgan fingerprint density at radius 3 is 2.65 bits per heavy atom. The van der Waals surface area contributed by atoms with E-state index in [1.165, 1.54) is 0 Å². The van der Waals surface area contributed by atoms with Gasteiger partial charge in [0.25, 0.3) is 0 Å². The van der Waals surface area contributed by atoms with Crippen molar-refractivity contribution < 1.29 is 14.3 Å². The van der Waals surface area contributed by atoms with Gasteiger partial charge in [-0.15, -0.1) is 0 Å². The van der Waals surface area contributed by atoms with Crippen LogP contribution in [0.5, 0.6) is 5.75 Å². The van der Waals surface area contributed by atoms with E-state index in [1.54, 1.807) is 6.08 Å². The second-order valence-corrected chi connectivity index (χ2v) is 4.54. The summed E-state index contributed by atoms with van der Waals surface area (Å²) in [7, 11) is 0. The summed E-state index contributed by atoms with van der Waals surface area (Å²) in [6, 6.07) is 17.3. The van der Waals surface area contributed by atoms with Gasteiger partial charge in [0.05, 0.1) is 0 Å². The Balaban J connectivity index is 1.63. The number of benzene rings is 2. The summed E-state index contributed by atoms with van der Waals surface area (Å²) < 4.78 is 10.8. The van der Waals surface area contributed by atoms with Crippen LogP contribution >= 0.6 is 0 Å². The summed E-state index contributed by atoms with van der Waals surface area (Å²) in [5, 5.41) is 0. The van der Waals surface area contributed by atoms with Gasteiger partial charge in [0.1, 0.15) is 12.4 Å². The van der Waals surface area contributed by atoms with Crippen molar-refractivity contribution in [2.45, 2.75) is 13.0 Å². The first-order valence-electron chi connectivity index (χ1n) is 6.50. The monoisotopic (exact) mass is 266 g/mol. The molecule has 0 saturated carbocycles. The number of esters is 1. The summed E-state index contributed by atoms with van der Waals surface area (Å²) in [6.45, 7) is 0.252. The van der Waals surface area contributed by atoms with E-state index < -0.39 is 5.97 Å². The van der Waals surface area contributed by atoms with E-state index in [1.807, 2.05) is 54.6 Å². The first kappa shape index (κ1) is 12.5. The first-order valence-corrected chi connectivity index (χ1v) is 6.50.